The average Bonchev–Trinajstić information content (AvgIpc) is 2.51. The topological polar surface area (TPSA) is 111 Å². The number of hydrogen-bond donors (Lipinski definition) is 4. The molecule has 6 N–H and O–H groups in total. The quantitative estimate of drug-likeness (QED) is 0.355. The Hall–Kier alpha value is -2.76. The van der Waals surface area contributed by atoms with E-state index in [4.69, 9.17) is 20.9 Å². The standard InChI is InChI=1S/C17H22N2O4/c1-2-22-17-10-15(21)11(8-14(17)19)4-3-7-23-16-9-12(20)5-6-13(16)18/h5-6,8-10,20-21H,2-4,7,18-19H2,1H3. The summed E-state index contributed by atoms with van der Waals surface area (Å²) in [7, 11) is 0. The number of anilines is 2. The minimum absolute atomic E-state index is 0.103. The van der Waals surface area contributed by atoms with E-state index in [9.17, 15) is 10.2 Å². The zero-order chi connectivity index (χ0) is 16.8. The molecule has 2 aromatic carbocycles. The number of phenols is 2. The molecule has 0 amide bonds. The van der Waals surface area contributed by atoms with E-state index in [-0.39, 0.29) is 11.5 Å². The van der Waals surface area contributed by atoms with Crippen molar-refractivity contribution in [1.29, 1.82) is 0 Å². The molecule has 0 aliphatic rings. The molecule has 23 heavy (non-hydrogen) atoms. The second-order valence-corrected chi connectivity index (χ2v) is 5.13. The molecule has 0 unspecified atom stereocenters. The van der Waals surface area contributed by atoms with Gasteiger partial charge in [-0.25, -0.2) is 0 Å². The van der Waals surface area contributed by atoms with Crippen LogP contribution in [-0.2, 0) is 6.42 Å². The monoisotopic (exact) mass is 318 g/mol. The molecule has 2 rings (SSSR count). The van der Waals surface area contributed by atoms with Gasteiger partial charge >= 0.3 is 0 Å². The fraction of sp³-hybridized carbons (Fsp3) is 0.294. The first-order valence-electron chi connectivity index (χ1n) is 7.46. The van der Waals surface area contributed by atoms with Crippen molar-refractivity contribution in [2.24, 2.45) is 0 Å². The summed E-state index contributed by atoms with van der Waals surface area (Å²) in [6.07, 6.45) is 1.26. The van der Waals surface area contributed by atoms with Crippen LogP contribution in [0.3, 0.4) is 0 Å². The van der Waals surface area contributed by atoms with Gasteiger partial charge in [0.1, 0.15) is 23.0 Å². The molecule has 0 aliphatic heterocycles. The molecular weight excluding hydrogens is 296 g/mol. The van der Waals surface area contributed by atoms with E-state index in [2.05, 4.69) is 0 Å². The molecule has 0 radical (unpaired) electrons. The van der Waals surface area contributed by atoms with E-state index in [1.165, 1.54) is 18.2 Å². The van der Waals surface area contributed by atoms with Gasteiger partial charge in [0.15, 0.2) is 0 Å². The Bertz CT molecular complexity index is 674. The Morgan fingerprint density at radius 2 is 1.70 bits per heavy atom. The molecule has 0 heterocycles. The van der Waals surface area contributed by atoms with Crippen LogP contribution < -0.4 is 20.9 Å². The van der Waals surface area contributed by atoms with Crippen LogP contribution in [0.5, 0.6) is 23.0 Å². The van der Waals surface area contributed by atoms with Crippen molar-refractivity contribution < 1.29 is 19.7 Å². The smallest absolute Gasteiger partial charge is 0.145 e. The lowest BCUT2D eigenvalue weighted by atomic mass is 10.1. The van der Waals surface area contributed by atoms with Crippen molar-refractivity contribution in [2.45, 2.75) is 19.8 Å². The molecule has 0 atom stereocenters. The van der Waals surface area contributed by atoms with Gasteiger partial charge in [-0.2, -0.15) is 0 Å². The predicted molar refractivity (Wildman–Crippen MR) is 90.0 cm³/mol. The van der Waals surface area contributed by atoms with E-state index in [1.807, 2.05) is 6.92 Å². The molecule has 6 nitrogen and oxygen atoms in total. The maximum Gasteiger partial charge on any atom is 0.145 e. The summed E-state index contributed by atoms with van der Waals surface area (Å²) in [4.78, 5) is 0. The molecule has 0 spiro atoms. The molecular formula is C17H22N2O4. The van der Waals surface area contributed by atoms with Gasteiger partial charge in [-0.15, -0.1) is 0 Å². The zero-order valence-electron chi connectivity index (χ0n) is 13.1. The van der Waals surface area contributed by atoms with Crippen LogP contribution in [0, 0.1) is 0 Å². The number of aryl methyl sites for hydroxylation is 1. The summed E-state index contributed by atoms with van der Waals surface area (Å²) in [6, 6.07) is 7.81. The lowest BCUT2D eigenvalue weighted by Crippen LogP contribution is -2.03. The minimum atomic E-state index is 0.103. The van der Waals surface area contributed by atoms with Crippen LogP contribution in [0.2, 0.25) is 0 Å². The van der Waals surface area contributed by atoms with E-state index >= 15 is 0 Å². The molecule has 0 bridgehead atoms. The maximum absolute atomic E-state index is 10.0. The fourth-order valence-electron chi connectivity index (χ4n) is 2.21. The number of benzene rings is 2. The number of ether oxygens (including phenoxy) is 2. The van der Waals surface area contributed by atoms with Crippen molar-refractivity contribution in [2.75, 3.05) is 24.7 Å². The molecule has 0 saturated heterocycles. The van der Waals surface area contributed by atoms with Crippen molar-refractivity contribution in [3.63, 3.8) is 0 Å². The Kier molecular flexibility index (Phi) is 5.41. The zero-order valence-corrected chi connectivity index (χ0v) is 13.1. The molecule has 0 fully saturated rings. The molecule has 2 aromatic rings. The highest BCUT2D eigenvalue weighted by Gasteiger charge is 2.08. The number of nitrogen functional groups attached to an aromatic ring is 2. The Balaban J connectivity index is 1.91. The summed E-state index contributed by atoms with van der Waals surface area (Å²) >= 11 is 0. The van der Waals surface area contributed by atoms with Crippen LogP contribution in [0.4, 0.5) is 11.4 Å². The van der Waals surface area contributed by atoms with Gasteiger partial charge in [-0.05, 0) is 43.5 Å². The van der Waals surface area contributed by atoms with E-state index < -0.39 is 0 Å². The van der Waals surface area contributed by atoms with Crippen LogP contribution in [0.15, 0.2) is 30.3 Å². The lowest BCUT2D eigenvalue weighted by Gasteiger charge is -2.12. The Morgan fingerprint density at radius 1 is 0.957 bits per heavy atom. The predicted octanol–water partition coefficient (Wildman–Crippen LogP) is 2.67. The largest absolute Gasteiger partial charge is 0.508 e. The van der Waals surface area contributed by atoms with E-state index in [1.54, 1.807) is 12.1 Å². The van der Waals surface area contributed by atoms with Gasteiger partial charge in [0.2, 0.25) is 0 Å². The molecule has 0 aromatic heterocycles. The molecule has 6 heteroatoms. The summed E-state index contributed by atoms with van der Waals surface area (Å²) in [5.74, 6) is 1.18. The SMILES string of the molecule is CCOc1cc(O)c(CCCOc2cc(O)ccc2N)cc1N. The van der Waals surface area contributed by atoms with Gasteiger partial charge in [0.25, 0.3) is 0 Å². The third kappa shape index (κ3) is 4.35. The number of rotatable bonds is 7. The lowest BCUT2D eigenvalue weighted by molar-refractivity contribution is 0.310. The first-order valence-corrected chi connectivity index (χ1v) is 7.46. The van der Waals surface area contributed by atoms with Gasteiger partial charge < -0.3 is 31.2 Å². The van der Waals surface area contributed by atoms with Crippen molar-refractivity contribution in [1.82, 2.24) is 0 Å². The van der Waals surface area contributed by atoms with Crippen molar-refractivity contribution in [3.05, 3.63) is 35.9 Å². The highest BCUT2D eigenvalue weighted by molar-refractivity contribution is 5.59. The highest BCUT2D eigenvalue weighted by atomic mass is 16.5. The minimum Gasteiger partial charge on any atom is -0.508 e. The van der Waals surface area contributed by atoms with Crippen molar-refractivity contribution >= 4 is 11.4 Å². The highest BCUT2D eigenvalue weighted by Crippen LogP contribution is 2.31. The fourth-order valence-corrected chi connectivity index (χ4v) is 2.21. The summed E-state index contributed by atoms with van der Waals surface area (Å²) < 4.78 is 10.9. The van der Waals surface area contributed by atoms with Gasteiger partial charge in [-0.1, -0.05) is 0 Å². The molecule has 124 valence electrons. The van der Waals surface area contributed by atoms with E-state index in [0.29, 0.717) is 48.9 Å². The third-order valence-electron chi connectivity index (χ3n) is 3.36. The van der Waals surface area contributed by atoms with Gasteiger partial charge in [0.05, 0.1) is 24.6 Å². The second-order valence-electron chi connectivity index (χ2n) is 5.13. The van der Waals surface area contributed by atoms with Crippen LogP contribution >= 0.6 is 0 Å². The van der Waals surface area contributed by atoms with Crippen LogP contribution in [-0.4, -0.2) is 23.4 Å². The summed E-state index contributed by atoms with van der Waals surface area (Å²) in [5, 5.41) is 19.4. The number of phenolic OH excluding ortho intramolecular Hbond substituents is 2. The Labute approximate surface area is 135 Å². The summed E-state index contributed by atoms with van der Waals surface area (Å²) in [5.41, 5.74) is 13.4. The second kappa shape index (κ2) is 7.49. The number of nitrogens with two attached hydrogens (primary N) is 2. The molecule has 0 aliphatic carbocycles. The number of aromatic hydroxyl groups is 2. The van der Waals surface area contributed by atoms with Gasteiger partial charge in [-0.3, -0.25) is 0 Å². The summed E-state index contributed by atoms with van der Waals surface area (Å²) in [6.45, 7) is 2.75. The maximum atomic E-state index is 10.0. The van der Waals surface area contributed by atoms with Gasteiger partial charge in [0, 0.05) is 12.1 Å². The van der Waals surface area contributed by atoms with Crippen LogP contribution in [0.25, 0.3) is 0 Å². The Morgan fingerprint density at radius 3 is 2.43 bits per heavy atom. The first kappa shape index (κ1) is 16.6. The normalized spacial score (nSPS) is 10.5. The average molecular weight is 318 g/mol. The van der Waals surface area contributed by atoms with Crippen molar-refractivity contribution in [3.8, 4) is 23.0 Å². The van der Waals surface area contributed by atoms with Crippen LogP contribution in [0.1, 0.15) is 18.9 Å². The third-order valence-corrected chi connectivity index (χ3v) is 3.36. The molecule has 0 saturated carbocycles. The first-order chi connectivity index (χ1) is 11.0. The van der Waals surface area contributed by atoms with E-state index in [0.717, 1.165) is 5.56 Å². The number of hydrogen-bond acceptors (Lipinski definition) is 6.